The Hall–Kier alpha value is -2.62. The minimum absolute atomic E-state index is 0.0469. The molecule has 0 aromatic heterocycles. The molecule has 2 aromatic rings. The molecule has 1 saturated heterocycles. The summed E-state index contributed by atoms with van der Waals surface area (Å²) in [7, 11) is 0. The number of carbonyl (C=O) groups excluding carboxylic acids is 2. The van der Waals surface area contributed by atoms with Crippen molar-refractivity contribution in [2.24, 2.45) is 0 Å². The van der Waals surface area contributed by atoms with Gasteiger partial charge in [0.05, 0.1) is 0 Å². The molecule has 1 atom stereocenters. The Balaban J connectivity index is 1.68. The molecule has 0 radical (unpaired) electrons. The molecular weight excluding hydrogens is 288 g/mol. The van der Waals surface area contributed by atoms with Crippen molar-refractivity contribution in [2.75, 3.05) is 11.4 Å². The summed E-state index contributed by atoms with van der Waals surface area (Å²) in [5.41, 5.74) is 3.72. The van der Waals surface area contributed by atoms with Crippen LogP contribution in [0.5, 0.6) is 0 Å². The number of hydrogen-bond donors (Lipinski definition) is 1. The lowest BCUT2D eigenvalue weighted by Crippen LogP contribution is -2.41. The number of anilines is 1. The quantitative estimate of drug-likeness (QED) is 0.948. The van der Waals surface area contributed by atoms with Crippen molar-refractivity contribution < 1.29 is 9.59 Å². The second-order valence-electron chi connectivity index (χ2n) is 6.01. The molecule has 2 aromatic carbocycles. The Morgan fingerprint density at radius 3 is 2.17 bits per heavy atom. The fraction of sp³-hybridized carbons (Fsp3) is 0.263. The van der Waals surface area contributed by atoms with Crippen LogP contribution in [-0.2, 0) is 4.79 Å². The number of rotatable bonds is 3. The average molecular weight is 308 g/mol. The summed E-state index contributed by atoms with van der Waals surface area (Å²) in [5, 5.41) is 2.85. The molecule has 0 bridgehead atoms. The Labute approximate surface area is 136 Å². The van der Waals surface area contributed by atoms with Crippen LogP contribution < -0.4 is 10.2 Å². The monoisotopic (exact) mass is 308 g/mol. The largest absolute Gasteiger partial charge is 0.340 e. The van der Waals surface area contributed by atoms with E-state index in [2.05, 4.69) is 5.32 Å². The van der Waals surface area contributed by atoms with Crippen molar-refractivity contribution in [3.63, 3.8) is 0 Å². The molecule has 0 saturated carbocycles. The van der Waals surface area contributed by atoms with Gasteiger partial charge in [0, 0.05) is 17.8 Å². The summed E-state index contributed by atoms with van der Waals surface area (Å²) in [6, 6.07) is 14.7. The molecule has 1 aliphatic rings. The van der Waals surface area contributed by atoms with Gasteiger partial charge in [0.2, 0.25) is 5.91 Å². The van der Waals surface area contributed by atoms with Gasteiger partial charge < -0.3 is 10.2 Å². The van der Waals surface area contributed by atoms with Crippen LogP contribution in [0.25, 0.3) is 0 Å². The molecule has 4 heteroatoms. The Kier molecular flexibility index (Phi) is 4.15. The van der Waals surface area contributed by atoms with Crippen LogP contribution in [0.4, 0.5) is 5.69 Å². The lowest BCUT2D eigenvalue weighted by Gasteiger charge is -2.17. The maximum Gasteiger partial charge on any atom is 0.251 e. The second-order valence-corrected chi connectivity index (χ2v) is 6.01. The molecule has 1 fully saturated rings. The normalized spacial score (nSPS) is 17.4. The zero-order valence-electron chi connectivity index (χ0n) is 13.4. The van der Waals surface area contributed by atoms with Crippen LogP contribution in [0.3, 0.4) is 0 Å². The molecule has 0 aliphatic carbocycles. The zero-order chi connectivity index (χ0) is 16.4. The van der Waals surface area contributed by atoms with E-state index >= 15 is 0 Å². The van der Waals surface area contributed by atoms with Gasteiger partial charge in [-0.25, -0.2) is 0 Å². The van der Waals surface area contributed by atoms with E-state index in [-0.39, 0.29) is 11.8 Å². The van der Waals surface area contributed by atoms with E-state index in [1.165, 1.54) is 0 Å². The SMILES string of the molecule is Cc1ccc(C(=O)N[C@H]2CCN(c3ccc(C)cc3)C2=O)cc1. The minimum Gasteiger partial charge on any atom is -0.340 e. The average Bonchev–Trinajstić information content (AvgIpc) is 2.90. The second kappa shape index (κ2) is 6.24. The van der Waals surface area contributed by atoms with E-state index in [0.717, 1.165) is 16.8 Å². The van der Waals surface area contributed by atoms with E-state index in [1.54, 1.807) is 17.0 Å². The molecule has 4 nitrogen and oxygen atoms in total. The first-order chi connectivity index (χ1) is 11.0. The van der Waals surface area contributed by atoms with E-state index in [1.807, 2.05) is 50.2 Å². The predicted octanol–water partition coefficient (Wildman–Crippen LogP) is 2.84. The number of nitrogens with zero attached hydrogens (tertiary/aromatic N) is 1. The number of carbonyl (C=O) groups is 2. The number of hydrogen-bond acceptors (Lipinski definition) is 2. The van der Waals surface area contributed by atoms with Gasteiger partial charge in [-0.1, -0.05) is 35.4 Å². The third-order valence-electron chi connectivity index (χ3n) is 4.17. The van der Waals surface area contributed by atoms with Gasteiger partial charge in [-0.3, -0.25) is 9.59 Å². The fourth-order valence-electron chi connectivity index (χ4n) is 2.74. The van der Waals surface area contributed by atoms with Gasteiger partial charge >= 0.3 is 0 Å². The van der Waals surface area contributed by atoms with Gasteiger partial charge in [0.1, 0.15) is 6.04 Å². The van der Waals surface area contributed by atoms with E-state index in [9.17, 15) is 9.59 Å². The molecule has 1 aliphatic heterocycles. The van der Waals surface area contributed by atoms with Crippen LogP contribution in [0.1, 0.15) is 27.9 Å². The molecule has 1 N–H and O–H groups in total. The van der Waals surface area contributed by atoms with E-state index in [0.29, 0.717) is 18.5 Å². The lowest BCUT2D eigenvalue weighted by atomic mass is 10.1. The highest BCUT2D eigenvalue weighted by molar-refractivity contribution is 6.03. The van der Waals surface area contributed by atoms with Crippen molar-refractivity contribution in [1.29, 1.82) is 0 Å². The van der Waals surface area contributed by atoms with Crippen molar-refractivity contribution in [1.82, 2.24) is 5.32 Å². The summed E-state index contributed by atoms with van der Waals surface area (Å²) in [5.74, 6) is -0.247. The number of benzene rings is 2. The smallest absolute Gasteiger partial charge is 0.251 e. The van der Waals surface area contributed by atoms with Crippen LogP contribution in [0.15, 0.2) is 48.5 Å². The van der Waals surface area contributed by atoms with Gasteiger partial charge in [0.15, 0.2) is 0 Å². The highest BCUT2D eigenvalue weighted by Gasteiger charge is 2.33. The maximum atomic E-state index is 12.5. The zero-order valence-corrected chi connectivity index (χ0v) is 13.4. The molecule has 23 heavy (non-hydrogen) atoms. The van der Waals surface area contributed by atoms with Gasteiger partial charge in [-0.15, -0.1) is 0 Å². The fourth-order valence-corrected chi connectivity index (χ4v) is 2.74. The van der Waals surface area contributed by atoms with Crippen LogP contribution in [0.2, 0.25) is 0 Å². The number of nitrogens with one attached hydrogen (secondary N) is 1. The Bertz CT molecular complexity index is 720. The first-order valence-corrected chi connectivity index (χ1v) is 7.80. The van der Waals surface area contributed by atoms with Crippen molar-refractivity contribution >= 4 is 17.5 Å². The third kappa shape index (κ3) is 3.26. The van der Waals surface area contributed by atoms with Gasteiger partial charge in [0.25, 0.3) is 5.91 Å². The van der Waals surface area contributed by atoms with Crippen molar-refractivity contribution in [2.45, 2.75) is 26.3 Å². The Morgan fingerprint density at radius 1 is 1.00 bits per heavy atom. The van der Waals surface area contributed by atoms with Crippen LogP contribution in [0, 0.1) is 13.8 Å². The summed E-state index contributed by atoms with van der Waals surface area (Å²) in [6.45, 7) is 4.61. The molecular formula is C19H20N2O2. The minimum atomic E-state index is -0.454. The number of aryl methyl sites for hydroxylation is 2. The molecule has 2 amide bonds. The van der Waals surface area contributed by atoms with E-state index in [4.69, 9.17) is 0 Å². The van der Waals surface area contributed by atoms with Gasteiger partial charge in [-0.2, -0.15) is 0 Å². The standard InChI is InChI=1S/C19H20N2O2/c1-13-3-7-15(8-4-13)18(22)20-17-11-12-21(19(17)23)16-9-5-14(2)6-10-16/h3-10,17H,11-12H2,1-2H3,(H,20,22)/t17-/m0/s1. The Morgan fingerprint density at radius 2 is 1.57 bits per heavy atom. The topological polar surface area (TPSA) is 49.4 Å². The first kappa shape index (κ1) is 15.3. The molecule has 0 unspecified atom stereocenters. The first-order valence-electron chi connectivity index (χ1n) is 7.80. The molecule has 3 rings (SSSR count). The molecule has 0 spiro atoms. The lowest BCUT2D eigenvalue weighted by molar-refractivity contribution is -0.118. The van der Waals surface area contributed by atoms with E-state index < -0.39 is 6.04 Å². The maximum absolute atomic E-state index is 12.5. The van der Waals surface area contributed by atoms with Crippen LogP contribution >= 0.6 is 0 Å². The summed E-state index contributed by atoms with van der Waals surface area (Å²) >= 11 is 0. The summed E-state index contributed by atoms with van der Waals surface area (Å²) < 4.78 is 0. The highest BCUT2D eigenvalue weighted by atomic mass is 16.2. The highest BCUT2D eigenvalue weighted by Crippen LogP contribution is 2.22. The number of amides is 2. The predicted molar refractivity (Wildman–Crippen MR) is 90.6 cm³/mol. The van der Waals surface area contributed by atoms with Crippen molar-refractivity contribution in [3.8, 4) is 0 Å². The summed E-state index contributed by atoms with van der Waals surface area (Å²) in [6.07, 6.45) is 0.629. The van der Waals surface area contributed by atoms with Crippen molar-refractivity contribution in [3.05, 3.63) is 65.2 Å². The van der Waals surface area contributed by atoms with Crippen LogP contribution in [-0.4, -0.2) is 24.4 Å². The molecule has 1 heterocycles. The summed E-state index contributed by atoms with van der Waals surface area (Å²) in [4.78, 5) is 26.5. The third-order valence-corrected chi connectivity index (χ3v) is 4.17. The van der Waals surface area contributed by atoms with Gasteiger partial charge in [-0.05, 0) is 44.5 Å². The molecule has 118 valence electrons.